The van der Waals surface area contributed by atoms with Crippen molar-refractivity contribution >= 4 is 27.7 Å². The molecule has 0 amide bonds. The molecule has 0 aromatic carbocycles. The Labute approximate surface area is 111 Å². The lowest BCUT2D eigenvalue weighted by Gasteiger charge is -2.33. The first kappa shape index (κ1) is 12.6. The number of halogens is 1. The van der Waals surface area contributed by atoms with Crippen LogP contribution in [-0.2, 0) is 0 Å². The highest BCUT2D eigenvalue weighted by Crippen LogP contribution is 2.31. The molecule has 17 heavy (non-hydrogen) atoms. The van der Waals surface area contributed by atoms with Gasteiger partial charge in [-0.1, -0.05) is 13.8 Å². The summed E-state index contributed by atoms with van der Waals surface area (Å²) in [5, 5.41) is 6.65. The monoisotopic (exact) mass is 298 g/mol. The second kappa shape index (κ2) is 5.67. The van der Waals surface area contributed by atoms with Crippen molar-refractivity contribution in [3.63, 3.8) is 0 Å². The van der Waals surface area contributed by atoms with E-state index in [1.165, 1.54) is 12.8 Å². The normalized spacial score (nSPS) is 23.0. The van der Waals surface area contributed by atoms with E-state index < -0.39 is 0 Å². The molecule has 1 aliphatic carbocycles. The third-order valence-electron chi connectivity index (χ3n) is 2.99. The maximum absolute atomic E-state index is 4.48. The van der Waals surface area contributed by atoms with Crippen LogP contribution in [0.1, 0.15) is 33.1 Å². The van der Waals surface area contributed by atoms with Crippen LogP contribution in [0.25, 0.3) is 0 Å². The standard InChI is InChI=1S/C12H19BrN4/c1-3-4-14-12-15-7-10(13)11(17-12)16-9-5-8(2)6-9/h7-9H,3-6H2,1-2H3,(H2,14,15,16,17). The Bertz CT molecular complexity index is 377. The Kier molecular flexibility index (Phi) is 4.20. The van der Waals surface area contributed by atoms with Crippen LogP contribution in [0.15, 0.2) is 10.7 Å². The number of hydrogen-bond acceptors (Lipinski definition) is 4. The summed E-state index contributed by atoms with van der Waals surface area (Å²) in [5.74, 6) is 2.44. The molecular weight excluding hydrogens is 280 g/mol. The molecule has 1 saturated carbocycles. The molecule has 4 nitrogen and oxygen atoms in total. The Hall–Kier alpha value is -0.840. The maximum Gasteiger partial charge on any atom is 0.224 e. The number of nitrogens with zero attached hydrogens (tertiary/aromatic N) is 2. The Morgan fingerprint density at radius 1 is 1.47 bits per heavy atom. The van der Waals surface area contributed by atoms with E-state index in [0.717, 1.165) is 29.2 Å². The molecule has 0 bridgehead atoms. The quantitative estimate of drug-likeness (QED) is 0.876. The average Bonchev–Trinajstić information content (AvgIpc) is 2.28. The SMILES string of the molecule is CCCNc1ncc(Br)c(NC2CC(C)C2)n1. The summed E-state index contributed by atoms with van der Waals surface area (Å²) < 4.78 is 0.930. The second-order valence-electron chi connectivity index (χ2n) is 4.73. The first-order chi connectivity index (χ1) is 8.19. The van der Waals surface area contributed by atoms with Crippen LogP contribution in [0, 0.1) is 5.92 Å². The molecule has 0 atom stereocenters. The summed E-state index contributed by atoms with van der Waals surface area (Å²) in [6, 6.07) is 0.565. The van der Waals surface area contributed by atoms with Gasteiger partial charge in [0.25, 0.3) is 0 Å². The van der Waals surface area contributed by atoms with Gasteiger partial charge < -0.3 is 10.6 Å². The van der Waals surface area contributed by atoms with Crippen molar-refractivity contribution in [1.29, 1.82) is 0 Å². The molecule has 1 aliphatic rings. The van der Waals surface area contributed by atoms with Crippen LogP contribution in [0.5, 0.6) is 0 Å². The number of anilines is 2. The van der Waals surface area contributed by atoms with Gasteiger partial charge in [-0.2, -0.15) is 4.98 Å². The molecule has 0 unspecified atom stereocenters. The molecule has 94 valence electrons. The van der Waals surface area contributed by atoms with E-state index in [1.807, 2.05) is 0 Å². The lowest BCUT2D eigenvalue weighted by molar-refractivity contribution is 0.308. The van der Waals surface area contributed by atoms with Gasteiger partial charge in [-0.15, -0.1) is 0 Å². The van der Waals surface area contributed by atoms with E-state index in [1.54, 1.807) is 6.20 Å². The predicted octanol–water partition coefficient (Wildman–Crippen LogP) is 3.27. The maximum atomic E-state index is 4.48. The summed E-state index contributed by atoms with van der Waals surface area (Å²) in [6.07, 6.45) is 5.33. The van der Waals surface area contributed by atoms with E-state index >= 15 is 0 Å². The number of hydrogen-bond donors (Lipinski definition) is 2. The van der Waals surface area contributed by atoms with Gasteiger partial charge in [-0.25, -0.2) is 4.98 Å². The number of nitrogens with one attached hydrogen (secondary N) is 2. The van der Waals surface area contributed by atoms with E-state index in [-0.39, 0.29) is 0 Å². The minimum absolute atomic E-state index is 0.565. The van der Waals surface area contributed by atoms with Crippen molar-refractivity contribution in [1.82, 2.24) is 9.97 Å². The Morgan fingerprint density at radius 3 is 2.88 bits per heavy atom. The van der Waals surface area contributed by atoms with Crippen molar-refractivity contribution in [2.24, 2.45) is 5.92 Å². The van der Waals surface area contributed by atoms with Gasteiger partial charge in [0.2, 0.25) is 5.95 Å². The lowest BCUT2D eigenvalue weighted by atomic mass is 9.82. The summed E-state index contributed by atoms with van der Waals surface area (Å²) in [4.78, 5) is 8.71. The molecule has 1 fully saturated rings. The van der Waals surface area contributed by atoms with Crippen molar-refractivity contribution in [2.45, 2.75) is 39.2 Å². The minimum Gasteiger partial charge on any atom is -0.366 e. The summed E-state index contributed by atoms with van der Waals surface area (Å²) in [5.41, 5.74) is 0. The third kappa shape index (κ3) is 3.31. The topological polar surface area (TPSA) is 49.8 Å². The fraction of sp³-hybridized carbons (Fsp3) is 0.667. The lowest BCUT2D eigenvalue weighted by Crippen LogP contribution is -2.34. The molecule has 1 heterocycles. The zero-order valence-electron chi connectivity index (χ0n) is 10.3. The van der Waals surface area contributed by atoms with Crippen molar-refractivity contribution < 1.29 is 0 Å². The highest BCUT2D eigenvalue weighted by molar-refractivity contribution is 9.10. The second-order valence-corrected chi connectivity index (χ2v) is 5.59. The van der Waals surface area contributed by atoms with Crippen LogP contribution < -0.4 is 10.6 Å². The van der Waals surface area contributed by atoms with Gasteiger partial charge in [-0.05, 0) is 41.1 Å². The van der Waals surface area contributed by atoms with Crippen molar-refractivity contribution in [3.05, 3.63) is 10.7 Å². The zero-order valence-corrected chi connectivity index (χ0v) is 11.9. The molecule has 5 heteroatoms. The van der Waals surface area contributed by atoms with Crippen molar-refractivity contribution in [3.8, 4) is 0 Å². The fourth-order valence-corrected chi connectivity index (χ4v) is 2.31. The van der Waals surface area contributed by atoms with Crippen LogP contribution in [0.2, 0.25) is 0 Å². The first-order valence-corrected chi connectivity index (χ1v) is 7.01. The van der Waals surface area contributed by atoms with E-state index in [0.29, 0.717) is 12.0 Å². The molecule has 2 N–H and O–H groups in total. The molecule has 0 spiro atoms. The van der Waals surface area contributed by atoms with E-state index in [9.17, 15) is 0 Å². The highest BCUT2D eigenvalue weighted by Gasteiger charge is 2.25. The molecule has 0 aliphatic heterocycles. The first-order valence-electron chi connectivity index (χ1n) is 6.22. The molecular formula is C12H19BrN4. The summed E-state index contributed by atoms with van der Waals surface area (Å²) in [6.45, 7) is 5.31. The van der Waals surface area contributed by atoms with Gasteiger partial charge in [0.15, 0.2) is 0 Å². The van der Waals surface area contributed by atoms with Gasteiger partial charge in [0, 0.05) is 18.8 Å². The van der Waals surface area contributed by atoms with Crippen LogP contribution >= 0.6 is 15.9 Å². The van der Waals surface area contributed by atoms with E-state index in [4.69, 9.17) is 0 Å². The van der Waals surface area contributed by atoms with Gasteiger partial charge in [0.1, 0.15) is 5.82 Å². The van der Waals surface area contributed by atoms with E-state index in [2.05, 4.69) is 50.4 Å². The smallest absolute Gasteiger partial charge is 0.224 e. The third-order valence-corrected chi connectivity index (χ3v) is 3.57. The number of aromatic nitrogens is 2. The molecule has 1 aromatic rings. The van der Waals surface area contributed by atoms with Crippen LogP contribution in [0.4, 0.5) is 11.8 Å². The zero-order chi connectivity index (χ0) is 12.3. The van der Waals surface area contributed by atoms with Gasteiger partial charge >= 0.3 is 0 Å². The average molecular weight is 299 g/mol. The molecule has 1 aromatic heterocycles. The molecule has 2 rings (SSSR count). The minimum atomic E-state index is 0.565. The predicted molar refractivity (Wildman–Crippen MR) is 74.3 cm³/mol. The molecule has 0 saturated heterocycles. The Morgan fingerprint density at radius 2 is 2.24 bits per heavy atom. The Balaban J connectivity index is 1.99. The highest BCUT2D eigenvalue weighted by atomic mass is 79.9. The van der Waals surface area contributed by atoms with Crippen LogP contribution in [0.3, 0.4) is 0 Å². The van der Waals surface area contributed by atoms with Gasteiger partial charge in [0.05, 0.1) is 4.47 Å². The van der Waals surface area contributed by atoms with Crippen molar-refractivity contribution in [2.75, 3.05) is 17.2 Å². The van der Waals surface area contributed by atoms with Gasteiger partial charge in [-0.3, -0.25) is 0 Å². The fourth-order valence-electron chi connectivity index (χ4n) is 2.00. The largest absolute Gasteiger partial charge is 0.366 e. The van der Waals surface area contributed by atoms with Crippen LogP contribution in [-0.4, -0.2) is 22.6 Å². The summed E-state index contributed by atoms with van der Waals surface area (Å²) in [7, 11) is 0. The summed E-state index contributed by atoms with van der Waals surface area (Å²) >= 11 is 3.48. The number of rotatable bonds is 5. The molecule has 0 radical (unpaired) electrons.